The number of benzene rings is 1. The quantitative estimate of drug-likeness (QED) is 0.645. The molecule has 2 aliphatic rings. The first-order valence-electron chi connectivity index (χ1n) is 8.50. The number of ether oxygens (including phenoxy) is 2. The van der Waals surface area contributed by atoms with Crippen molar-refractivity contribution in [3.8, 4) is 11.5 Å². The molecule has 2 aliphatic heterocycles. The van der Waals surface area contributed by atoms with Crippen molar-refractivity contribution in [3.05, 3.63) is 27.8 Å². The molecule has 0 saturated carbocycles. The first kappa shape index (κ1) is 17.5. The second-order valence-corrected chi connectivity index (χ2v) is 6.45. The van der Waals surface area contributed by atoms with Crippen LogP contribution in [0.5, 0.6) is 11.5 Å². The summed E-state index contributed by atoms with van der Waals surface area (Å²) >= 11 is 0. The molecule has 0 unspecified atom stereocenters. The van der Waals surface area contributed by atoms with Gasteiger partial charge >= 0.3 is 0 Å². The van der Waals surface area contributed by atoms with Crippen LogP contribution in [0.15, 0.2) is 12.1 Å². The molecule has 0 aromatic heterocycles. The summed E-state index contributed by atoms with van der Waals surface area (Å²) in [5, 5.41) is 14.4. The van der Waals surface area contributed by atoms with E-state index in [0.717, 1.165) is 32.4 Å². The van der Waals surface area contributed by atoms with Crippen molar-refractivity contribution in [1.82, 2.24) is 10.2 Å². The fourth-order valence-corrected chi connectivity index (χ4v) is 3.86. The zero-order valence-electron chi connectivity index (χ0n) is 14.5. The summed E-state index contributed by atoms with van der Waals surface area (Å²) < 4.78 is 10.3. The van der Waals surface area contributed by atoms with Gasteiger partial charge < -0.3 is 14.8 Å². The maximum absolute atomic E-state index is 12.7. The zero-order valence-corrected chi connectivity index (χ0v) is 14.5. The molecule has 1 aromatic carbocycles. The van der Waals surface area contributed by atoms with Crippen LogP contribution >= 0.6 is 0 Å². The number of rotatable bonds is 5. The molecule has 1 N–H and O–H groups in total. The molecular formula is C17H23N3O5. The molecule has 8 heteroatoms. The lowest BCUT2D eigenvalue weighted by Gasteiger charge is -2.32. The van der Waals surface area contributed by atoms with E-state index >= 15 is 0 Å². The number of nitro groups is 1. The predicted octanol–water partition coefficient (Wildman–Crippen LogP) is 1.97. The first-order chi connectivity index (χ1) is 12.0. The number of nitrogens with one attached hydrogen (secondary N) is 1. The zero-order chi connectivity index (χ0) is 18.0. The van der Waals surface area contributed by atoms with Crippen LogP contribution in [0, 0.1) is 10.1 Å². The SMILES string of the molecule is COc1cc(C(=O)N[C@H]2CCN3CCCC[C@H]23)c([N+](=O)[O-])cc1OC. The summed E-state index contributed by atoms with van der Waals surface area (Å²) in [6, 6.07) is 2.97. The van der Waals surface area contributed by atoms with Gasteiger partial charge in [-0.05, 0) is 25.8 Å². The third-order valence-corrected chi connectivity index (χ3v) is 5.12. The number of amides is 1. The van der Waals surface area contributed by atoms with Crippen molar-refractivity contribution in [2.24, 2.45) is 0 Å². The van der Waals surface area contributed by atoms with Crippen LogP contribution in [0.3, 0.4) is 0 Å². The Morgan fingerprint density at radius 2 is 1.92 bits per heavy atom. The summed E-state index contributed by atoms with van der Waals surface area (Å²) in [7, 11) is 2.83. The highest BCUT2D eigenvalue weighted by Crippen LogP contribution is 2.35. The second-order valence-electron chi connectivity index (χ2n) is 6.45. The van der Waals surface area contributed by atoms with E-state index in [9.17, 15) is 14.9 Å². The van der Waals surface area contributed by atoms with Gasteiger partial charge in [0.15, 0.2) is 11.5 Å². The second kappa shape index (κ2) is 7.26. The maximum atomic E-state index is 12.7. The third kappa shape index (κ3) is 3.39. The van der Waals surface area contributed by atoms with E-state index in [1.807, 2.05) is 0 Å². The molecule has 2 fully saturated rings. The largest absolute Gasteiger partial charge is 0.493 e. The lowest BCUT2D eigenvalue weighted by atomic mass is 9.98. The molecule has 8 nitrogen and oxygen atoms in total. The molecule has 1 aromatic rings. The Hall–Kier alpha value is -2.35. The summed E-state index contributed by atoms with van der Waals surface area (Å²) in [6.07, 6.45) is 4.28. The van der Waals surface area contributed by atoms with E-state index in [4.69, 9.17) is 9.47 Å². The number of nitro benzene ring substituents is 1. The van der Waals surface area contributed by atoms with Crippen molar-refractivity contribution < 1.29 is 19.2 Å². The highest BCUT2D eigenvalue weighted by atomic mass is 16.6. The minimum atomic E-state index is -0.571. The molecule has 3 rings (SSSR count). The Labute approximate surface area is 146 Å². The van der Waals surface area contributed by atoms with Gasteiger partial charge in [-0.3, -0.25) is 19.8 Å². The number of piperidine rings is 1. The summed E-state index contributed by atoms with van der Waals surface area (Å²) in [5.74, 6) is 0.0825. The van der Waals surface area contributed by atoms with Gasteiger partial charge in [0.25, 0.3) is 11.6 Å². The number of hydrogen-bond donors (Lipinski definition) is 1. The lowest BCUT2D eigenvalue weighted by Crippen LogP contribution is -2.46. The van der Waals surface area contributed by atoms with Gasteiger partial charge in [-0.2, -0.15) is 0 Å². The van der Waals surface area contributed by atoms with Crippen LogP contribution in [-0.4, -0.2) is 55.1 Å². The Morgan fingerprint density at radius 3 is 2.60 bits per heavy atom. The van der Waals surface area contributed by atoms with Gasteiger partial charge in [0.1, 0.15) is 5.56 Å². The van der Waals surface area contributed by atoms with E-state index in [1.165, 1.54) is 32.8 Å². The van der Waals surface area contributed by atoms with Gasteiger partial charge in [0.05, 0.1) is 25.2 Å². The minimum Gasteiger partial charge on any atom is -0.493 e. The molecule has 136 valence electrons. The molecule has 2 saturated heterocycles. The summed E-state index contributed by atoms with van der Waals surface area (Å²) in [6.45, 7) is 2.02. The van der Waals surface area contributed by atoms with E-state index < -0.39 is 10.8 Å². The molecule has 0 radical (unpaired) electrons. The van der Waals surface area contributed by atoms with Gasteiger partial charge in [-0.15, -0.1) is 0 Å². The van der Waals surface area contributed by atoms with E-state index in [1.54, 1.807) is 0 Å². The molecular weight excluding hydrogens is 326 g/mol. The predicted molar refractivity (Wildman–Crippen MR) is 91.3 cm³/mol. The Kier molecular flexibility index (Phi) is 5.08. The Bertz CT molecular complexity index is 678. The fraction of sp³-hybridized carbons (Fsp3) is 0.588. The van der Waals surface area contributed by atoms with Crippen LogP contribution in [-0.2, 0) is 0 Å². The third-order valence-electron chi connectivity index (χ3n) is 5.12. The average Bonchev–Trinajstić information content (AvgIpc) is 3.03. The monoisotopic (exact) mass is 349 g/mol. The minimum absolute atomic E-state index is 0.00286. The van der Waals surface area contributed by atoms with Crippen molar-refractivity contribution >= 4 is 11.6 Å². The number of methoxy groups -OCH3 is 2. The molecule has 0 aliphatic carbocycles. The van der Waals surface area contributed by atoms with E-state index in [2.05, 4.69) is 10.2 Å². The van der Waals surface area contributed by atoms with E-state index in [-0.39, 0.29) is 23.0 Å². The highest BCUT2D eigenvalue weighted by Gasteiger charge is 2.37. The van der Waals surface area contributed by atoms with Gasteiger partial charge in [0, 0.05) is 24.7 Å². The molecule has 0 bridgehead atoms. The fourth-order valence-electron chi connectivity index (χ4n) is 3.86. The topological polar surface area (TPSA) is 93.9 Å². The van der Waals surface area contributed by atoms with Gasteiger partial charge in [-0.1, -0.05) is 6.42 Å². The number of hydrogen-bond acceptors (Lipinski definition) is 6. The lowest BCUT2D eigenvalue weighted by molar-refractivity contribution is -0.385. The Morgan fingerprint density at radius 1 is 1.20 bits per heavy atom. The maximum Gasteiger partial charge on any atom is 0.286 e. The Balaban J connectivity index is 1.84. The van der Waals surface area contributed by atoms with Crippen molar-refractivity contribution in [2.45, 2.75) is 37.8 Å². The van der Waals surface area contributed by atoms with E-state index in [0.29, 0.717) is 11.8 Å². The van der Waals surface area contributed by atoms with Crippen LogP contribution in [0.1, 0.15) is 36.0 Å². The smallest absolute Gasteiger partial charge is 0.286 e. The summed E-state index contributed by atoms with van der Waals surface area (Å²) in [5.41, 5.74) is -0.287. The molecule has 0 spiro atoms. The number of carbonyl (C=O) groups excluding carboxylic acids is 1. The van der Waals surface area contributed by atoms with Crippen LogP contribution < -0.4 is 14.8 Å². The molecule has 2 heterocycles. The van der Waals surface area contributed by atoms with Crippen LogP contribution in [0.25, 0.3) is 0 Å². The first-order valence-corrected chi connectivity index (χ1v) is 8.50. The van der Waals surface area contributed by atoms with Crippen molar-refractivity contribution in [2.75, 3.05) is 27.3 Å². The van der Waals surface area contributed by atoms with Crippen molar-refractivity contribution in [3.63, 3.8) is 0 Å². The molecule has 2 atom stereocenters. The number of fused-ring (bicyclic) bond motifs is 1. The average molecular weight is 349 g/mol. The number of nitrogens with zero attached hydrogens (tertiary/aromatic N) is 2. The number of carbonyl (C=O) groups is 1. The highest BCUT2D eigenvalue weighted by molar-refractivity contribution is 5.99. The molecule has 1 amide bonds. The van der Waals surface area contributed by atoms with Crippen LogP contribution in [0.2, 0.25) is 0 Å². The van der Waals surface area contributed by atoms with Crippen LogP contribution in [0.4, 0.5) is 5.69 Å². The normalized spacial score (nSPS) is 23.0. The van der Waals surface area contributed by atoms with Gasteiger partial charge in [0.2, 0.25) is 0 Å². The standard InChI is InChI=1S/C17H23N3O5/c1-24-15-9-11(14(20(22)23)10-16(15)25-2)17(21)18-12-6-8-19-7-4-3-5-13(12)19/h9-10,12-13H,3-8H2,1-2H3,(H,18,21)/t12-,13+/m0/s1. The van der Waals surface area contributed by atoms with Gasteiger partial charge in [-0.25, -0.2) is 0 Å². The molecule has 25 heavy (non-hydrogen) atoms. The summed E-state index contributed by atoms with van der Waals surface area (Å²) in [4.78, 5) is 25.9. The van der Waals surface area contributed by atoms with Crippen molar-refractivity contribution in [1.29, 1.82) is 0 Å².